The average Bonchev–Trinajstić information content (AvgIpc) is 3.19. The summed E-state index contributed by atoms with van der Waals surface area (Å²) in [6, 6.07) is 22.2. The molecule has 0 aliphatic carbocycles. The third-order valence-electron chi connectivity index (χ3n) is 6.53. The van der Waals surface area contributed by atoms with Crippen LogP contribution in [0, 0.1) is 12.1 Å². The van der Waals surface area contributed by atoms with Crippen LogP contribution in [0.3, 0.4) is 0 Å². The average molecular weight is 1060 g/mol. The number of rotatable bonds is 12. The van der Waals surface area contributed by atoms with E-state index in [1.165, 1.54) is 85.3 Å². The summed E-state index contributed by atoms with van der Waals surface area (Å²) in [5.41, 5.74) is 13.0. The topological polar surface area (TPSA) is 366 Å². The second kappa shape index (κ2) is 34.3. The number of hydrogen-bond acceptors (Lipinski definition) is 26. The number of anilines is 1. The maximum atomic E-state index is 12.7. The summed E-state index contributed by atoms with van der Waals surface area (Å²) in [5, 5.41) is 34.7. The van der Waals surface area contributed by atoms with Crippen LogP contribution in [0.15, 0.2) is 114 Å². The minimum Gasteiger partial charge on any atom is -0.716 e. The molecule has 0 fully saturated rings. The van der Waals surface area contributed by atoms with Crippen LogP contribution < -0.4 is 236 Å². The van der Waals surface area contributed by atoms with Gasteiger partial charge in [0.15, 0.2) is 10.9 Å². The van der Waals surface area contributed by atoms with Crippen LogP contribution in [-0.2, 0) is 49.6 Å². The molecule has 0 spiro atoms. The van der Waals surface area contributed by atoms with Gasteiger partial charge in [-0.15, -0.1) is 32.9 Å². The van der Waals surface area contributed by atoms with Crippen molar-refractivity contribution in [3.05, 3.63) is 118 Å². The number of hydrogen-bond donors (Lipinski definition) is 6. The Labute approximate surface area is 537 Å². The maximum absolute atomic E-state index is 12.7. The molecule has 0 amide bonds. The zero-order valence-corrected chi connectivity index (χ0v) is 48.7. The summed E-state index contributed by atoms with van der Waals surface area (Å²) in [5.74, 6) is -0.305. The Hall–Kier alpha value is 1.01. The fourth-order valence-corrected chi connectivity index (χ4v) is 5.12. The zero-order valence-electron chi connectivity index (χ0n) is 32.8. The Morgan fingerprint density at radius 2 is 1.08 bits per heavy atom. The Morgan fingerprint density at radius 1 is 0.683 bits per heavy atom. The van der Waals surface area contributed by atoms with Crippen molar-refractivity contribution in [2.24, 2.45) is 16.0 Å². The van der Waals surface area contributed by atoms with Gasteiger partial charge < -0.3 is 37.8 Å². The van der Waals surface area contributed by atoms with Crippen LogP contribution >= 0.6 is 25.8 Å². The van der Waals surface area contributed by atoms with Gasteiger partial charge in [-0.25, -0.2) is 27.4 Å². The molecule has 32 heteroatoms. The first-order chi connectivity index (χ1) is 28.0. The van der Waals surface area contributed by atoms with Crippen molar-refractivity contribution in [3.8, 4) is 33.8 Å². The molecular weight excluding hydrogens is 1030 g/mol. The Balaban J connectivity index is 0. The summed E-state index contributed by atoms with van der Waals surface area (Å²) in [6.07, 6.45) is 2.56. The molecule has 6 N–H and O–H groups in total. The molecular formula is C31H24K4N4O20S4. The van der Waals surface area contributed by atoms with E-state index < -0.39 is 20.8 Å². The number of benzene rings is 4. The first kappa shape index (κ1) is 66.1. The van der Waals surface area contributed by atoms with Gasteiger partial charge >= 0.3 is 206 Å². The quantitative estimate of drug-likeness (QED) is 0.00633. The van der Waals surface area contributed by atoms with E-state index in [4.69, 9.17) is 30.8 Å². The van der Waals surface area contributed by atoms with Crippen molar-refractivity contribution >= 4 is 79.9 Å². The number of nitrogens with zero attached hydrogens (tertiary/aromatic N) is 2. The molecule has 0 saturated heterocycles. The predicted molar refractivity (Wildman–Crippen MR) is 202 cm³/mol. The second-order valence-electron chi connectivity index (χ2n) is 10.1. The molecule has 0 aliphatic rings. The molecule has 2 heterocycles. The minimum atomic E-state index is -4.87. The fourth-order valence-electron chi connectivity index (χ4n) is 4.37. The van der Waals surface area contributed by atoms with Gasteiger partial charge in [0, 0.05) is 37.0 Å². The van der Waals surface area contributed by atoms with E-state index in [9.17, 15) is 35.5 Å². The standard InChI is InChI=1S/C16H12N3O6S.C15H10NO6S.4K.2H2O4S/c17-9-18-19-11-3-6-15-13(7-11)16(20)14(8-24-15)10-1-4-12(5-2-10)25-26(21,22)23;16-10-3-6-14-12(7-10)15(17)13(8-21-14)9-1-4-11(5-2-9)22-23(18,19)20;;;;;2*1-2-3-4-5/h1-2,4-8H,9,17H2,(H,21,22,23);1-2,4-8H,16H2,(H,18,19,20);;;;;2*1,5H/q2*-1;4*+1;;/p-2. The van der Waals surface area contributed by atoms with Crippen molar-refractivity contribution in [3.63, 3.8) is 0 Å². The molecule has 0 aliphatic heterocycles. The minimum absolute atomic E-state index is 0. The normalized spacial score (nSPS) is 10.5. The molecule has 0 atom stereocenters. The van der Waals surface area contributed by atoms with Gasteiger partial charge in [-0.2, -0.15) is 22.4 Å². The zero-order chi connectivity index (χ0) is 43.6. The molecule has 0 radical (unpaired) electrons. The maximum Gasteiger partial charge on any atom is 1.00 e. The first-order valence-corrected chi connectivity index (χ1v) is 18.3. The Bertz CT molecular complexity index is 2670. The SMILES string of the molecule is NCN=Nc1[c-]cc2occ(-c3ccc(OS(=O)(=O)[O-])cc3)c(=O)c2c1.Nc1[c-]cc2occ(-c3ccc(OS(=O)(=O)[O-])cc3)c(=O)c2c1.OOOOS.OOOOS.[K+].[K+].[K+].[K+]. The van der Waals surface area contributed by atoms with Crippen molar-refractivity contribution in [2.45, 2.75) is 0 Å². The van der Waals surface area contributed by atoms with Crippen molar-refractivity contribution in [1.82, 2.24) is 0 Å². The van der Waals surface area contributed by atoms with E-state index in [1.807, 2.05) is 0 Å². The third kappa shape index (κ3) is 23.9. The van der Waals surface area contributed by atoms with Crippen LogP contribution in [0.1, 0.15) is 0 Å². The Kier molecular flexibility index (Phi) is 36.0. The van der Waals surface area contributed by atoms with Crippen LogP contribution in [0.4, 0.5) is 11.4 Å². The number of thiol groups is 2. The summed E-state index contributed by atoms with van der Waals surface area (Å²) in [6.45, 7) is 0.00796. The molecule has 4 aromatic carbocycles. The summed E-state index contributed by atoms with van der Waals surface area (Å²) in [7, 11) is -9.71. The van der Waals surface area contributed by atoms with Crippen LogP contribution in [0.2, 0.25) is 0 Å². The van der Waals surface area contributed by atoms with Gasteiger partial charge in [0.2, 0.25) is 0 Å². The summed E-state index contributed by atoms with van der Waals surface area (Å²) < 4.78 is 89.4. The van der Waals surface area contributed by atoms with Gasteiger partial charge in [0.25, 0.3) is 20.8 Å². The van der Waals surface area contributed by atoms with Crippen LogP contribution in [-0.4, -0.2) is 43.1 Å². The molecule has 0 unspecified atom stereocenters. The molecule has 24 nitrogen and oxygen atoms in total. The largest absolute Gasteiger partial charge is 1.00 e. The number of nitrogens with two attached hydrogens (primary N) is 2. The van der Waals surface area contributed by atoms with E-state index in [-0.39, 0.29) is 251 Å². The number of azo groups is 1. The molecule has 63 heavy (non-hydrogen) atoms. The van der Waals surface area contributed by atoms with E-state index in [2.05, 4.69) is 85.4 Å². The fraction of sp³-hybridized carbons (Fsp3) is 0.0323. The van der Waals surface area contributed by atoms with E-state index >= 15 is 0 Å². The van der Waals surface area contributed by atoms with Crippen LogP contribution in [0.25, 0.3) is 44.2 Å². The van der Waals surface area contributed by atoms with Gasteiger partial charge in [-0.1, -0.05) is 30.0 Å². The summed E-state index contributed by atoms with van der Waals surface area (Å²) in [4.78, 5) is 25.2. The molecule has 2 aromatic heterocycles. The summed E-state index contributed by atoms with van der Waals surface area (Å²) >= 11 is 5.99. The van der Waals surface area contributed by atoms with E-state index in [0.717, 1.165) is 0 Å². The first-order valence-electron chi connectivity index (χ1n) is 14.9. The van der Waals surface area contributed by atoms with Gasteiger partial charge in [0.1, 0.15) is 18.2 Å². The van der Waals surface area contributed by atoms with Gasteiger partial charge in [-0.05, 0) is 72.0 Å². The number of fused-ring (bicyclic) bond motifs is 2. The smallest absolute Gasteiger partial charge is 0.716 e. The van der Waals surface area contributed by atoms with Crippen molar-refractivity contribution < 1.29 is 288 Å². The second-order valence-corrected chi connectivity index (χ2v) is 12.4. The van der Waals surface area contributed by atoms with Gasteiger partial charge in [-0.3, -0.25) is 9.59 Å². The van der Waals surface area contributed by atoms with Crippen molar-refractivity contribution in [1.29, 1.82) is 0 Å². The Morgan fingerprint density at radius 3 is 1.43 bits per heavy atom. The predicted octanol–water partition coefficient (Wildman–Crippen LogP) is -7.84. The molecule has 6 aromatic rings. The third-order valence-corrected chi connectivity index (χ3v) is 7.44. The molecule has 0 saturated carbocycles. The van der Waals surface area contributed by atoms with Gasteiger partial charge in [0.05, 0.1) is 23.7 Å². The molecule has 316 valence electrons. The number of nitrogen functional groups attached to an aromatic ring is 1. The van der Waals surface area contributed by atoms with E-state index in [1.54, 1.807) is 0 Å². The molecule has 6 rings (SSSR count). The van der Waals surface area contributed by atoms with Crippen LogP contribution in [0.5, 0.6) is 11.5 Å². The van der Waals surface area contributed by atoms with E-state index in [0.29, 0.717) is 39.1 Å². The monoisotopic (exact) mass is 1060 g/mol. The molecule has 0 bridgehead atoms. The van der Waals surface area contributed by atoms with Crippen molar-refractivity contribution in [2.75, 3.05) is 12.4 Å².